The van der Waals surface area contributed by atoms with Crippen LogP contribution in [0.25, 0.3) is 6.08 Å². The molecule has 4 rings (SSSR count). The number of para-hydroxylation sites is 1. The molecule has 0 radical (unpaired) electrons. The van der Waals surface area contributed by atoms with Crippen molar-refractivity contribution in [2.24, 2.45) is 0 Å². The highest BCUT2D eigenvalue weighted by Gasteiger charge is 2.35. The van der Waals surface area contributed by atoms with Crippen LogP contribution in [0, 0.1) is 0 Å². The Bertz CT molecular complexity index is 1370. The molecule has 0 aromatic heterocycles. The van der Waals surface area contributed by atoms with Crippen LogP contribution in [0.3, 0.4) is 0 Å². The second-order valence-corrected chi connectivity index (χ2v) is 7.98. The van der Waals surface area contributed by atoms with Gasteiger partial charge in [0.1, 0.15) is 30.3 Å². The van der Waals surface area contributed by atoms with Gasteiger partial charge in [-0.05, 0) is 54.1 Å². The second-order valence-electron chi connectivity index (χ2n) is 7.98. The van der Waals surface area contributed by atoms with Crippen molar-refractivity contribution in [1.29, 1.82) is 0 Å². The number of urea groups is 1. The molecule has 4 amide bonds. The van der Waals surface area contributed by atoms with Crippen molar-refractivity contribution < 1.29 is 33.8 Å². The summed E-state index contributed by atoms with van der Waals surface area (Å²) in [7, 11) is 1.53. The Hall–Kier alpha value is -5.12. The zero-order chi connectivity index (χ0) is 26.4. The number of aromatic carboxylic acids is 1. The van der Waals surface area contributed by atoms with Crippen LogP contribution in [0.15, 0.2) is 78.5 Å². The number of nitrogens with one attached hydrogen (secondary N) is 2. The standard InChI is InChI=1S/C27H23N3O7/c1-36-21-12-10-20(11-13-21)28-24(31)15-30-25(32)22(29-27(30)35)14-19-4-2-3-5-23(19)37-16-17-6-8-18(9-7-17)26(33)34/h2-14H,15-16H2,1H3,(H,28,31)(H,29,35)(H,33,34)/b22-14-. The van der Waals surface area contributed by atoms with Crippen LogP contribution in [0.4, 0.5) is 10.5 Å². The van der Waals surface area contributed by atoms with Crippen molar-refractivity contribution in [1.82, 2.24) is 10.2 Å². The fourth-order valence-corrected chi connectivity index (χ4v) is 3.53. The minimum atomic E-state index is -1.01. The number of hydrogen-bond donors (Lipinski definition) is 3. The highest BCUT2D eigenvalue weighted by atomic mass is 16.5. The predicted molar refractivity (Wildman–Crippen MR) is 134 cm³/mol. The Morgan fingerprint density at radius 1 is 1.00 bits per heavy atom. The zero-order valence-electron chi connectivity index (χ0n) is 19.8. The molecule has 1 heterocycles. The van der Waals surface area contributed by atoms with E-state index in [1.807, 2.05) is 0 Å². The molecule has 1 fully saturated rings. The van der Waals surface area contributed by atoms with E-state index in [1.165, 1.54) is 25.3 Å². The van der Waals surface area contributed by atoms with E-state index >= 15 is 0 Å². The Kier molecular flexibility index (Phi) is 7.48. The first-order valence-electron chi connectivity index (χ1n) is 11.2. The van der Waals surface area contributed by atoms with E-state index in [1.54, 1.807) is 60.7 Å². The van der Waals surface area contributed by atoms with Gasteiger partial charge in [-0.3, -0.25) is 9.59 Å². The summed E-state index contributed by atoms with van der Waals surface area (Å²) >= 11 is 0. The summed E-state index contributed by atoms with van der Waals surface area (Å²) in [6.07, 6.45) is 1.48. The average molecular weight is 501 g/mol. The molecular weight excluding hydrogens is 478 g/mol. The molecular formula is C27H23N3O7. The average Bonchev–Trinajstić information content (AvgIpc) is 3.16. The van der Waals surface area contributed by atoms with Crippen molar-refractivity contribution in [3.05, 3.63) is 95.2 Å². The zero-order valence-corrected chi connectivity index (χ0v) is 19.8. The van der Waals surface area contributed by atoms with Gasteiger partial charge >= 0.3 is 12.0 Å². The maximum Gasteiger partial charge on any atom is 0.335 e. The van der Waals surface area contributed by atoms with Gasteiger partial charge in [0.25, 0.3) is 5.91 Å². The summed E-state index contributed by atoms with van der Waals surface area (Å²) in [5.41, 5.74) is 1.97. The minimum absolute atomic E-state index is 0.00380. The maximum atomic E-state index is 12.9. The normalized spacial score (nSPS) is 13.9. The Balaban J connectivity index is 1.42. The molecule has 3 aromatic rings. The van der Waals surface area contributed by atoms with Crippen LogP contribution in [0.5, 0.6) is 11.5 Å². The fourth-order valence-electron chi connectivity index (χ4n) is 3.53. The van der Waals surface area contributed by atoms with E-state index in [0.717, 1.165) is 10.5 Å². The number of methoxy groups -OCH3 is 1. The lowest BCUT2D eigenvalue weighted by molar-refractivity contribution is -0.127. The van der Waals surface area contributed by atoms with E-state index in [-0.39, 0.29) is 17.9 Å². The molecule has 37 heavy (non-hydrogen) atoms. The number of carbonyl (C=O) groups excluding carboxylic acids is 3. The topological polar surface area (TPSA) is 134 Å². The number of benzene rings is 3. The van der Waals surface area contributed by atoms with Crippen molar-refractivity contribution >= 4 is 35.6 Å². The van der Waals surface area contributed by atoms with Gasteiger partial charge in [-0.25, -0.2) is 14.5 Å². The molecule has 1 aliphatic rings. The lowest BCUT2D eigenvalue weighted by Gasteiger charge is -2.12. The first-order chi connectivity index (χ1) is 17.8. The molecule has 3 aromatic carbocycles. The van der Waals surface area contributed by atoms with Crippen molar-refractivity contribution in [3.63, 3.8) is 0 Å². The predicted octanol–water partition coefficient (Wildman–Crippen LogP) is 3.50. The number of anilines is 1. The quantitative estimate of drug-likeness (QED) is 0.302. The molecule has 3 N–H and O–H groups in total. The Morgan fingerprint density at radius 2 is 1.70 bits per heavy atom. The molecule has 10 heteroatoms. The third kappa shape index (κ3) is 6.12. The van der Waals surface area contributed by atoms with Gasteiger partial charge in [-0.1, -0.05) is 30.3 Å². The summed E-state index contributed by atoms with van der Waals surface area (Å²) in [4.78, 5) is 49.5. The van der Waals surface area contributed by atoms with Crippen molar-refractivity contribution in [2.45, 2.75) is 6.61 Å². The van der Waals surface area contributed by atoms with Gasteiger partial charge in [0.05, 0.1) is 12.7 Å². The summed E-state index contributed by atoms with van der Waals surface area (Å²) in [5, 5.41) is 14.2. The summed E-state index contributed by atoms with van der Waals surface area (Å²) < 4.78 is 10.9. The third-order valence-corrected chi connectivity index (χ3v) is 5.45. The number of carbonyl (C=O) groups is 4. The van der Waals surface area contributed by atoms with E-state index in [4.69, 9.17) is 14.6 Å². The molecule has 188 valence electrons. The number of ether oxygens (including phenoxy) is 2. The van der Waals surface area contributed by atoms with Crippen molar-refractivity contribution in [3.8, 4) is 11.5 Å². The molecule has 0 aliphatic carbocycles. The van der Waals surface area contributed by atoms with Crippen LogP contribution in [-0.4, -0.2) is 47.5 Å². The van der Waals surface area contributed by atoms with Crippen LogP contribution in [-0.2, 0) is 16.2 Å². The largest absolute Gasteiger partial charge is 0.497 e. The number of carboxylic acids is 1. The monoisotopic (exact) mass is 501 g/mol. The van der Waals surface area contributed by atoms with Crippen LogP contribution in [0.2, 0.25) is 0 Å². The van der Waals surface area contributed by atoms with Gasteiger partial charge < -0.3 is 25.2 Å². The maximum absolute atomic E-state index is 12.9. The van der Waals surface area contributed by atoms with Gasteiger partial charge in [0.2, 0.25) is 5.91 Å². The smallest absolute Gasteiger partial charge is 0.335 e. The SMILES string of the molecule is COc1ccc(NC(=O)CN2C(=O)N/C(=C\c3ccccc3OCc3ccc(C(=O)O)cc3)C2=O)cc1. The fraction of sp³-hybridized carbons (Fsp3) is 0.111. The van der Waals surface area contributed by atoms with Gasteiger partial charge in [0.15, 0.2) is 0 Å². The van der Waals surface area contributed by atoms with Crippen LogP contribution < -0.4 is 20.1 Å². The van der Waals surface area contributed by atoms with Crippen LogP contribution in [0.1, 0.15) is 21.5 Å². The van der Waals surface area contributed by atoms with E-state index in [0.29, 0.717) is 22.7 Å². The number of carboxylic acid groups (broad SMARTS) is 1. The third-order valence-electron chi connectivity index (χ3n) is 5.45. The highest BCUT2D eigenvalue weighted by molar-refractivity contribution is 6.16. The molecule has 1 aliphatic heterocycles. The summed E-state index contributed by atoms with van der Waals surface area (Å²) in [6, 6.07) is 19.1. The van der Waals surface area contributed by atoms with Crippen LogP contribution >= 0.6 is 0 Å². The molecule has 0 saturated carbocycles. The number of imide groups is 1. The lowest BCUT2D eigenvalue weighted by atomic mass is 10.1. The van der Waals surface area contributed by atoms with E-state index in [2.05, 4.69) is 10.6 Å². The summed E-state index contributed by atoms with van der Waals surface area (Å²) in [6.45, 7) is -0.295. The first kappa shape index (κ1) is 25.0. The van der Waals surface area contributed by atoms with Gasteiger partial charge in [-0.2, -0.15) is 0 Å². The molecule has 1 saturated heterocycles. The van der Waals surface area contributed by atoms with Gasteiger partial charge in [-0.15, -0.1) is 0 Å². The van der Waals surface area contributed by atoms with Crippen molar-refractivity contribution in [2.75, 3.05) is 19.0 Å². The van der Waals surface area contributed by atoms with E-state index < -0.39 is 30.4 Å². The molecule has 0 unspecified atom stereocenters. The number of amides is 4. The Morgan fingerprint density at radius 3 is 2.38 bits per heavy atom. The number of hydrogen-bond acceptors (Lipinski definition) is 6. The molecule has 0 bridgehead atoms. The lowest BCUT2D eigenvalue weighted by Crippen LogP contribution is -2.38. The molecule has 10 nitrogen and oxygen atoms in total. The number of rotatable bonds is 9. The Labute approximate surface area is 212 Å². The number of nitrogens with zero attached hydrogens (tertiary/aromatic N) is 1. The van der Waals surface area contributed by atoms with E-state index in [9.17, 15) is 19.2 Å². The first-order valence-corrected chi connectivity index (χ1v) is 11.2. The molecule has 0 spiro atoms. The minimum Gasteiger partial charge on any atom is -0.497 e. The second kappa shape index (κ2) is 11.1. The van der Waals surface area contributed by atoms with Gasteiger partial charge in [0, 0.05) is 11.3 Å². The highest BCUT2D eigenvalue weighted by Crippen LogP contribution is 2.24. The summed E-state index contributed by atoms with van der Waals surface area (Å²) in [5.74, 6) is -1.11. The molecule has 0 atom stereocenters.